The molecule has 4 rings (SSSR count). The Morgan fingerprint density at radius 3 is 2.42 bits per heavy atom. The first-order valence-electron chi connectivity index (χ1n) is 10.7. The summed E-state index contributed by atoms with van der Waals surface area (Å²) in [6.45, 7) is 3.26. The number of furan rings is 1. The number of aryl methyl sites for hydroxylation is 1. The minimum atomic E-state index is -3.62. The molecule has 33 heavy (non-hydrogen) atoms. The molecule has 0 spiro atoms. The van der Waals surface area contributed by atoms with E-state index in [9.17, 15) is 17.6 Å². The fourth-order valence-corrected chi connectivity index (χ4v) is 5.08. The van der Waals surface area contributed by atoms with Gasteiger partial charge in [-0.3, -0.25) is 4.79 Å². The zero-order valence-electron chi connectivity index (χ0n) is 18.2. The first-order chi connectivity index (χ1) is 15.8. The average Bonchev–Trinajstić information content (AvgIpc) is 3.13. The van der Waals surface area contributed by atoms with Crippen LogP contribution in [0.1, 0.15) is 28.3 Å². The summed E-state index contributed by atoms with van der Waals surface area (Å²) in [6.07, 6.45) is 0.526. The van der Waals surface area contributed by atoms with Gasteiger partial charge in [-0.15, -0.1) is 0 Å². The highest BCUT2D eigenvalue weighted by Gasteiger charge is 2.29. The van der Waals surface area contributed by atoms with E-state index in [0.717, 1.165) is 5.56 Å². The van der Waals surface area contributed by atoms with Crippen LogP contribution in [0.5, 0.6) is 5.75 Å². The molecule has 2 heterocycles. The summed E-state index contributed by atoms with van der Waals surface area (Å²) in [7, 11) is -3.62. The smallest absolute Gasteiger partial charge is 0.289 e. The van der Waals surface area contributed by atoms with E-state index in [2.05, 4.69) is 0 Å². The molecule has 1 fully saturated rings. The van der Waals surface area contributed by atoms with Crippen LogP contribution in [0.4, 0.5) is 4.39 Å². The summed E-state index contributed by atoms with van der Waals surface area (Å²) in [6, 6.07) is 15.6. The van der Waals surface area contributed by atoms with E-state index in [1.807, 2.05) is 6.92 Å². The molecule has 1 saturated heterocycles. The monoisotopic (exact) mass is 472 g/mol. The van der Waals surface area contributed by atoms with Crippen molar-refractivity contribution in [3.05, 3.63) is 83.6 Å². The average molecular weight is 473 g/mol. The standard InChI is InChI=1S/C24H25FN2O5S/c1-18-3-10-22(11-4-18)33(29,30)27-14-2-13-26(15-16-27)24(28)23-12-9-21(32-23)17-31-20-7-5-19(25)6-8-20/h3-12H,2,13-17H2,1H3. The molecule has 1 amide bonds. The third-order valence-electron chi connectivity index (χ3n) is 5.47. The van der Waals surface area contributed by atoms with E-state index < -0.39 is 10.0 Å². The summed E-state index contributed by atoms with van der Waals surface area (Å²) in [5, 5.41) is 0. The number of carbonyl (C=O) groups excluding carboxylic acids is 1. The van der Waals surface area contributed by atoms with Crippen molar-refractivity contribution in [2.45, 2.75) is 24.8 Å². The SMILES string of the molecule is Cc1ccc(S(=O)(=O)N2CCCN(C(=O)c3ccc(COc4ccc(F)cc4)o3)CC2)cc1. The van der Waals surface area contributed by atoms with Gasteiger partial charge < -0.3 is 14.1 Å². The van der Waals surface area contributed by atoms with Crippen molar-refractivity contribution in [1.82, 2.24) is 9.21 Å². The first-order valence-corrected chi connectivity index (χ1v) is 12.1. The van der Waals surface area contributed by atoms with Crippen LogP contribution in [0.15, 0.2) is 70.0 Å². The van der Waals surface area contributed by atoms with Gasteiger partial charge in [-0.25, -0.2) is 12.8 Å². The zero-order valence-corrected chi connectivity index (χ0v) is 19.1. The molecule has 9 heteroatoms. The van der Waals surface area contributed by atoms with Crippen LogP contribution in [0.3, 0.4) is 0 Å². The van der Waals surface area contributed by atoms with Crippen LogP contribution in [-0.2, 0) is 16.6 Å². The summed E-state index contributed by atoms with van der Waals surface area (Å²) in [5.41, 5.74) is 0.988. The Bertz CT molecular complexity index is 1210. The van der Waals surface area contributed by atoms with Gasteiger partial charge in [0.15, 0.2) is 5.76 Å². The highest BCUT2D eigenvalue weighted by Crippen LogP contribution is 2.20. The van der Waals surface area contributed by atoms with E-state index in [-0.39, 0.29) is 42.1 Å². The minimum absolute atomic E-state index is 0.0987. The first kappa shape index (κ1) is 23.0. The predicted octanol–water partition coefficient (Wildman–Crippen LogP) is 3.84. The second kappa shape index (κ2) is 9.76. The summed E-state index contributed by atoms with van der Waals surface area (Å²) in [4.78, 5) is 14.8. The largest absolute Gasteiger partial charge is 0.486 e. The van der Waals surface area contributed by atoms with Crippen molar-refractivity contribution in [2.24, 2.45) is 0 Å². The van der Waals surface area contributed by atoms with Crippen LogP contribution in [-0.4, -0.2) is 49.7 Å². The lowest BCUT2D eigenvalue weighted by Gasteiger charge is -2.21. The van der Waals surface area contributed by atoms with Gasteiger partial charge in [0.05, 0.1) is 4.90 Å². The third-order valence-corrected chi connectivity index (χ3v) is 7.38. The fraction of sp³-hybridized carbons (Fsp3) is 0.292. The van der Waals surface area contributed by atoms with Crippen molar-refractivity contribution in [1.29, 1.82) is 0 Å². The van der Waals surface area contributed by atoms with Crippen molar-refractivity contribution in [2.75, 3.05) is 26.2 Å². The van der Waals surface area contributed by atoms with E-state index >= 15 is 0 Å². The normalized spacial score (nSPS) is 15.3. The van der Waals surface area contributed by atoms with Crippen molar-refractivity contribution >= 4 is 15.9 Å². The Hall–Kier alpha value is -3.17. The highest BCUT2D eigenvalue weighted by molar-refractivity contribution is 7.89. The molecule has 0 N–H and O–H groups in total. The number of halogens is 1. The number of hydrogen-bond acceptors (Lipinski definition) is 5. The second-order valence-electron chi connectivity index (χ2n) is 7.87. The number of sulfonamides is 1. The number of carbonyl (C=O) groups is 1. The number of ether oxygens (including phenoxy) is 1. The molecule has 174 valence electrons. The van der Waals surface area contributed by atoms with Gasteiger partial charge in [0.25, 0.3) is 5.91 Å². The molecule has 0 saturated carbocycles. The molecule has 3 aromatic rings. The molecule has 0 unspecified atom stereocenters. The molecule has 2 aromatic carbocycles. The Labute approximate surface area is 192 Å². The molecule has 0 radical (unpaired) electrons. The Balaban J connectivity index is 1.36. The number of amides is 1. The van der Waals surface area contributed by atoms with Gasteiger partial charge in [-0.05, 0) is 61.9 Å². The summed E-state index contributed by atoms with van der Waals surface area (Å²) in [5.74, 6) is 0.472. The molecular weight excluding hydrogens is 447 g/mol. The topological polar surface area (TPSA) is 80.1 Å². The van der Waals surface area contributed by atoms with Crippen LogP contribution in [0, 0.1) is 12.7 Å². The molecule has 0 atom stereocenters. The predicted molar refractivity (Wildman–Crippen MR) is 120 cm³/mol. The van der Waals surface area contributed by atoms with Crippen molar-refractivity contribution in [3.8, 4) is 5.75 Å². The zero-order chi connectivity index (χ0) is 23.4. The van der Waals surface area contributed by atoms with Crippen molar-refractivity contribution < 1.29 is 26.8 Å². The maximum absolute atomic E-state index is 13.0. The Morgan fingerprint density at radius 1 is 0.970 bits per heavy atom. The second-order valence-corrected chi connectivity index (χ2v) is 9.81. The Morgan fingerprint density at radius 2 is 1.70 bits per heavy atom. The summed E-state index contributed by atoms with van der Waals surface area (Å²) >= 11 is 0. The lowest BCUT2D eigenvalue weighted by atomic mass is 10.2. The lowest BCUT2D eigenvalue weighted by molar-refractivity contribution is 0.0728. The summed E-state index contributed by atoms with van der Waals surface area (Å²) < 4.78 is 51.6. The van der Waals surface area contributed by atoms with Crippen LogP contribution < -0.4 is 4.74 Å². The molecule has 0 bridgehead atoms. The van der Waals surface area contributed by atoms with Gasteiger partial charge in [-0.2, -0.15) is 4.31 Å². The van der Waals surface area contributed by atoms with Crippen LogP contribution in [0.2, 0.25) is 0 Å². The lowest BCUT2D eigenvalue weighted by Crippen LogP contribution is -2.37. The van der Waals surface area contributed by atoms with E-state index in [1.165, 1.54) is 28.6 Å². The van der Waals surface area contributed by atoms with Gasteiger partial charge in [0.2, 0.25) is 10.0 Å². The molecular formula is C24H25FN2O5S. The molecule has 1 aromatic heterocycles. The van der Waals surface area contributed by atoms with E-state index in [1.54, 1.807) is 41.3 Å². The van der Waals surface area contributed by atoms with Crippen LogP contribution >= 0.6 is 0 Å². The van der Waals surface area contributed by atoms with E-state index in [0.29, 0.717) is 31.0 Å². The quantitative estimate of drug-likeness (QED) is 0.545. The number of hydrogen-bond donors (Lipinski definition) is 0. The minimum Gasteiger partial charge on any atom is -0.486 e. The molecule has 7 nitrogen and oxygen atoms in total. The molecule has 1 aliphatic heterocycles. The van der Waals surface area contributed by atoms with Gasteiger partial charge in [0.1, 0.15) is 23.9 Å². The highest BCUT2D eigenvalue weighted by atomic mass is 32.2. The maximum Gasteiger partial charge on any atom is 0.289 e. The number of rotatable bonds is 6. The van der Waals surface area contributed by atoms with Gasteiger partial charge in [-0.1, -0.05) is 17.7 Å². The van der Waals surface area contributed by atoms with Crippen molar-refractivity contribution in [3.63, 3.8) is 0 Å². The van der Waals surface area contributed by atoms with Gasteiger partial charge >= 0.3 is 0 Å². The number of benzene rings is 2. The molecule has 0 aliphatic carbocycles. The molecule has 1 aliphatic rings. The fourth-order valence-electron chi connectivity index (χ4n) is 3.61. The Kier molecular flexibility index (Phi) is 6.80. The third kappa shape index (κ3) is 5.43. The number of nitrogens with zero attached hydrogens (tertiary/aromatic N) is 2. The van der Waals surface area contributed by atoms with Gasteiger partial charge in [0, 0.05) is 26.2 Å². The van der Waals surface area contributed by atoms with E-state index in [4.69, 9.17) is 9.15 Å². The van der Waals surface area contributed by atoms with Crippen LogP contribution in [0.25, 0.3) is 0 Å². The maximum atomic E-state index is 13.0.